The van der Waals surface area contributed by atoms with Gasteiger partial charge in [0.15, 0.2) is 0 Å². The molecule has 0 spiro atoms. The molecule has 4 rings (SSSR count). The van der Waals surface area contributed by atoms with Crippen molar-refractivity contribution in [3.05, 3.63) is 92.7 Å². The van der Waals surface area contributed by atoms with Gasteiger partial charge in [0, 0.05) is 0 Å². The number of fused-ring (bicyclic) bond motifs is 1. The summed E-state index contributed by atoms with van der Waals surface area (Å²) in [4.78, 5) is 28.8. The smallest absolute Gasteiger partial charge is 0.335 e. The van der Waals surface area contributed by atoms with Gasteiger partial charge in [-0.25, -0.2) is 9.78 Å². The predicted octanol–water partition coefficient (Wildman–Crippen LogP) is 4.32. The summed E-state index contributed by atoms with van der Waals surface area (Å²) in [5, 5.41) is 13.6. The molecule has 6 heteroatoms. The first-order valence-electron chi connectivity index (χ1n) is 8.19. The van der Waals surface area contributed by atoms with Crippen molar-refractivity contribution >= 4 is 40.4 Å². The summed E-state index contributed by atoms with van der Waals surface area (Å²) in [7, 11) is 0. The van der Waals surface area contributed by atoms with Crippen LogP contribution in [0.1, 0.15) is 21.7 Å². The molecule has 0 bridgehead atoms. The van der Waals surface area contributed by atoms with Crippen LogP contribution in [0.15, 0.2) is 70.2 Å². The Labute approximate surface area is 158 Å². The third kappa shape index (κ3) is 3.30. The van der Waals surface area contributed by atoms with Crippen LogP contribution in [0, 0.1) is 0 Å². The van der Waals surface area contributed by atoms with Crippen LogP contribution >= 0.6 is 11.3 Å². The Morgan fingerprint density at radius 3 is 2.52 bits per heavy atom. The van der Waals surface area contributed by atoms with Gasteiger partial charge in [-0.2, -0.15) is 11.3 Å². The van der Waals surface area contributed by atoms with Crippen LogP contribution in [0.25, 0.3) is 28.7 Å². The topological polar surface area (TPSA) is 72.2 Å². The van der Waals surface area contributed by atoms with Gasteiger partial charge in [0.2, 0.25) is 0 Å². The van der Waals surface area contributed by atoms with Gasteiger partial charge >= 0.3 is 5.97 Å². The molecule has 0 fully saturated rings. The first-order valence-corrected chi connectivity index (χ1v) is 9.13. The lowest BCUT2D eigenvalue weighted by atomic mass is 10.2. The van der Waals surface area contributed by atoms with E-state index >= 15 is 0 Å². The van der Waals surface area contributed by atoms with E-state index in [1.54, 1.807) is 47.7 Å². The molecule has 0 amide bonds. The molecule has 2 aromatic heterocycles. The van der Waals surface area contributed by atoms with Gasteiger partial charge in [-0.05, 0) is 64.9 Å². The van der Waals surface area contributed by atoms with E-state index in [1.807, 2.05) is 29.0 Å². The maximum absolute atomic E-state index is 13.1. The molecule has 0 aliphatic carbocycles. The summed E-state index contributed by atoms with van der Waals surface area (Å²) < 4.78 is 1.50. The fourth-order valence-electron chi connectivity index (χ4n) is 2.80. The predicted molar refractivity (Wildman–Crippen MR) is 108 cm³/mol. The molecular formula is C21H14N2O3S. The minimum Gasteiger partial charge on any atom is -0.478 e. The quantitative estimate of drug-likeness (QED) is 0.578. The van der Waals surface area contributed by atoms with Crippen LogP contribution in [0.2, 0.25) is 0 Å². The number of carboxylic acid groups (broad SMARTS) is 1. The molecule has 0 aliphatic heterocycles. The highest BCUT2D eigenvalue weighted by atomic mass is 32.1. The molecule has 0 atom stereocenters. The number of aromatic nitrogens is 2. The second-order valence-corrected chi connectivity index (χ2v) is 6.65. The Balaban J connectivity index is 1.93. The number of rotatable bonds is 4. The molecule has 4 aromatic rings. The number of para-hydroxylation sites is 1. The van der Waals surface area contributed by atoms with E-state index in [0.717, 1.165) is 5.56 Å². The van der Waals surface area contributed by atoms with Crippen molar-refractivity contribution in [3.63, 3.8) is 0 Å². The number of hydrogen-bond acceptors (Lipinski definition) is 4. The minimum atomic E-state index is -1.01. The summed E-state index contributed by atoms with van der Waals surface area (Å²) in [6.45, 7) is 0. The molecule has 1 N–H and O–H groups in total. The molecular weight excluding hydrogens is 360 g/mol. The van der Waals surface area contributed by atoms with Gasteiger partial charge in [-0.1, -0.05) is 18.2 Å². The van der Waals surface area contributed by atoms with Crippen molar-refractivity contribution in [1.82, 2.24) is 9.55 Å². The fraction of sp³-hybridized carbons (Fsp3) is 0. The molecule has 132 valence electrons. The molecule has 5 nitrogen and oxygen atoms in total. The van der Waals surface area contributed by atoms with E-state index in [0.29, 0.717) is 22.4 Å². The molecule has 2 aromatic carbocycles. The Hall–Kier alpha value is -3.51. The van der Waals surface area contributed by atoms with Gasteiger partial charge < -0.3 is 5.11 Å². The molecule has 27 heavy (non-hydrogen) atoms. The zero-order chi connectivity index (χ0) is 18.8. The van der Waals surface area contributed by atoms with E-state index in [2.05, 4.69) is 4.98 Å². The summed E-state index contributed by atoms with van der Waals surface area (Å²) in [6, 6.07) is 15.3. The summed E-state index contributed by atoms with van der Waals surface area (Å²) in [5.41, 5.74) is 2.17. The fourth-order valence-corrected chi connectivity index (χ4v) is 3.43. The van der Waals surface area contributed by atoms with Gasteiger partial charge in [0.1, 0.15) is 5.82 Å². The number of hydrogen-bond donors (Lipinski definition) is 1. The lowest BCUT2D eigenvalue weighted by molar-refractivity contribution is 0.0697. The Morgan fingerprint density at radius 1 is 1.04 bits per heavy atom. The summed E-state index contributed by atoms with van der Waals surface area (Å²) in [5.74, 6) is -0.531. The van der Waals surface area contributed by atoms with E-state index in [1.165, 1.54) is 16.7 Å². The lowest BCUT2D eigenvalue weighted by Crippen LogP contribution is -2.22. The van der Waals surface area contributed by atoms with Crippen molar-refractivity contribution in [2.75, 3.05) is 0 Å². The molecule has 0 radical (unpaired) electrons. The number of thiophene rings is 1. The number of carbonyl (C=O) groups is 1. The standard InChI is InChI=1S/C21H14N2O3S/c24-20-17-3-1-2-4-18(17)22-19(10-5-14-11-12-27-13-14)23(20)16-8-6-15(7-9-16)21(25)26/h1-13H,(H,25,26). The first kappa shape index (κ1) is 16.9. The van der Waals surface area contributed by atoms with Gasteiger partial charge in [-0.15, -0.1) is 0 Å². The Kier molecular flexibility index (Phi) is 4.40. The van der Waals surface area contributed by atoms with Crippen LogP contribution in [0.3, 0.4) is 0 Å². The number of carboxylic acids is 1. The van der Waals surface area contributed by atoms with Crippen LogP contribution in [0.5, 0.6) is 0 Å². The van der Waals surface area contributed by atoms with E-state index in [4.69, 9.17) is 5.11 Å². The first-order chi connectivity index (χ1) is 13.1. The average Bonchev–Trinajstić information content (AvgIpc) is 3.20. The van der Waals surface area contributed by atoms with Crippen molar-refractivity contribution in [3.8, 4) is 5.69 Å². The van der Waals surface area contributed by atoms with Crippen molar-refractivity contribution in [2.45, 2.75) is 0 Å². The number of benzene rings is 2. The van der Waals surface area contributed by atoms with Crippen molar-refractivity contribution in [2.24, 2.45) is 0 Å². The van der Waals surface area contributed by atoms with E-state index in [-0.39, 0.29) is 11.1 Å². The zero-order valence-electron chi connectivity index (χ0n) is 14.1. The summed E-state index contributed by atoms with van der Waals surface area (Å²) in [6.07, 6.45) is 3.69. The molecule has 2 heterocycles. The van der Waals surface area contributed by atoms with Gasteiger partial charge in [0.05, 0.1) is 22.2 Å². The monoisotopic (exact) mass is 374 g/mol. The summed E-state index contributed by atoms with van der Waals surface area (Å²) >= 11 is 1.59. The van der Waals surface area contributed by atoms with E-state index in [9.17, 15) is 9.59 Å². The second kappa shape index (κ2) is 7.01. The zero-order valence-corrected chi connectivity index (χ0v) is 14.9. The maximum atomic E-state index is 13.1. The third-order valence-corrected chi connectivity index (χ3v) is 4.84. The van der Waals surface area contributed by atoms with Gasteiger partial charge in [-0.3, -0.25) is 9.36 Å². The average molecular weight is 374 g/mol. The molecule has 0 saturated heterocycles. The Bertz CT molecular complexity index is 1210. The van der Waals surface area contributed by atoms with Crippen molar-refractivity contribution < 1.29 is 9.90 Å². The minimum absolute atomic E-state index is 0.163. The Morgan fingerprint density at radius 2 is 1.81 bits per heavy atom. The molecule has 0 saturated carbocycles. The normalized spacial score (nSPS) is 11.3. The third-order valence-electron chi connectivity index (χ3n) is 4.14. The highest BCUT2D eigenvalue weighted by Gasteiger charge is 2.12. The van der Waals surface area contributed by atoms with E-state index < -0.39 is 5.97 Å². The SMILES string of the molecule is O=C(O)c1ccc(-n2c(C=Cc3ccsc3)nc3ccccc3c2=O)cc1. The van der Waals surface area contributed by atoms with Crippen LogP contribution < -0.4 is 5.56 Å². The van der Waals surface area contributed by atoms with Crippen molar-refractivity contribution in [1.29, 1.82) is 0 Å². The van der Waals surface area contributed by atoms with Crippen LogP contribution in [-0.4, -0.2) is 20.6 Å². The molecule has 0 unspecified atom stereocenters. The highest BCUT2D eigenvalue weighted by molar-refractivity contribution is 7.08. The number of nitrogens with zero attached hydrogens (tertiary/aromatic N) is 2. The highest BCUT2D eigenvalue weighted by Crippen LogP contribution is 2.17. The van der Waals surface area contributed by atoms with Gasteiger partial charge in [0.25, 0.3) is 5.56 Å². The largest absolute Gasteiger partial charge is 0.478 e. The second-order valence-electron chi connectivity index (χ2n) is 5.87. The van der Waals surface area contributed by atoms with Crippen LogP contribution in [0.4, 0.5) is 0 Å². The lowest BCUT2D eigenvalue weighted by Gasteiger charge is -2.11. The maximum Gasteiger partial charge on any atom is 0.335 e. The van der Waals surface area contributed by atoms with Crippen LogP contribution in [-0.2, 0) is 0 Å². The molecule has 0 aliphatic rings. The number of aromatic carboxylic acids is 1.